The van der Waals surface area contributed by atoms with Crippen molar-refractivity contribution < 1.29 is 14.4 Å². The van der Waals surface area contributed by atoms with Gasteiger partial charge in [-0.05, 0) is 30.5 Å². The van der Waals surface area contributed by atoms with E-state index in [-0.39, 0.29) is 12.5 Å². The number of hydrazone groups is 1. The van der Waals surface area contributed by atoms with Crippen LogP contribution in [0.25, 0.3) is 0 Å². The van der Waals surface area contributed by atoms with Crippen molar-refractivity contribution in [1.29, 1.82) is 0 Å². The van der Waals surface area contributed by atoms with Crippen LogP contribution in [0.1, 0.15) is 35.1 Å². The second-order valence-electron chi connectivity index (χ2n) is 6.46. The van der Waals surface area contributed by atoms with Crippen LogP contribution in [-0.2, 0) is 21.0 Å². The number of carbonyl (C=O) groups is 1. The lowest BCUT2D eigenvalue weighted by atomic mass is 9.94. The molecule has 1 aliphatic rings. The van der Waals surface area contributed by atoms with Crippen LogP contribution in [0.3, 0.4) is 0 Å². The molecule has 0 spiro atoms. The molecule has 1 aliphatic heterocycles. The van der Waals surface area contributed by atoms with Crippen molar-refractivity contribution in [1.82, 2.24) is 5.01 Å². The van der Waals surface area contributed by atoms with Gasteiger partial charge in [0.15, 0.2) is 0 Å². The Morgan fingerprint density at radius 2 is 2.00 bits per heavy atom. The van der Waals surface area contributed by atoms with Gasteiger partial charge in [0.1, 0.15) is 12.5 Å². The van der Waals surface area contributed by atoms with E-state index in [1.807, 2.05) is 56.3 Å². The smallest absolute Gasteiger partial charge is 0.259 e. The molecule has 1 amide bonds. The SMILES string of the molecule is COC1=NN(C)C(=O)C1c1ccccc1CO/N=C(/C)c1cccc(C)c1. The van der Waals surface area contributed by atoms with Gasteiger partial charge in [-0.2, -0.15) is 0 Å². The van der Waals surface area contributed by atoms with Crippen molar-refractivity contribution >= 4 is 17.5 Å². The maximum absolute atomic E-state index is 12.5. The monoisotopic (exact) mass is 365 g/mol. The van der Waals surface area contributed by atoms with E-state index in [4.69, 9.17) is 9.57 Å². The molecule has 0 aliphatic carbocycles. The number of ether oxygens (including phenoxy) is 1. The number of methoxy groups -OCH3 is 1. The largest absolute Gasteiger partial charge is 0.482 e. The third-order valence-corrected chi connectivity index (χ3v) is 4.49. The standard InChI is InChI=1S/C21H23N3O3/c1-14-8-7-10-16(12-14)15(2)23-27-13-17-9-5-6-11-18(17)19-20(26-4)22-24(3)21(19)25/h5-12,19H,13H2,1-4H3/b23-15-. The molecule has 2 aromatic rings. The average molecular weight is 365 g/mol. The van der Waals surface area contributed by atoms with Crippen molar-refractivity contribution in [2.75, 3.05) is 14.2 Å². The van der Waals surface area contributed by atoms with Gasteiger partial charge < -0.3 is 9.57 Å². The molecule has 0 saturated heterocycles. The second-order valence-corrected chi connectivity index (χ2v) is 6.46. The number of oxime groups is 1. The normalized spacial score (nSPS) is 17.1. The second kappa shape index (κ2) is 8.03. The van der Waals surface area contributed by atoms with Gasteiger partial charge in [-0.25, -0.2) is 5.01 Å². The molecule has 3 rings (SSSR count). The highest BCUT2D eigenvalue weighted by Gasteiger charge is 2.37. The first-order chi connectivity index (χ1) is 13.0. The minimum atomic E-state index is -0.554. The molecule has 1 atom stereocenters. The lowest BCUT2D eigenvalue weighted by Gasteiger charge is -2.15. The molecule has 0 radical (unpaired) electrons. The zero-order valence-electron chi connectivity index (χ0n) is 16.0. The van der Waals surface area contributed by atoms with E-state index in [0.717, 1.165) is 22.4 Å². The fraction of sp³-hybridized carbons (Fsp3) is 0.286. The molecule has 140 valence electrons. The van der Waals surface area contributed by atoms with E-state index in [9.17, 15) is 4.79 Å². The van der Waals surface area contributed by atoms with Crippen molar-refractivity contribution in [3.63, 3.8) is 0 Å². The molecule has 6 nitrogen and oxygen atoms in total. The van der Waals surface area contributed by atoms with E-state index in [0.29, 0.717) is 5.90 Å². The number of aryl methyl sites for hydroxylation is 1. The summed E-state index contributed by atoms with van der Waals surface area (Å²) >= 11 is 0. The Bertz CT molecular complexity index is 905. The highest BCUT2D eigenvalue weighted by Crippen LogP contribution is 2.29. The van der Waals surface area contributed by atoms with Crippen LogP contribution in [0.15, 0.2) is 58.8 Å². The van der Waals surface area contributed by atoms with Gasteiger partial charge in [-0.3, -0.25) is 4.79 Å². The summed E-state index contributed by atoms with van der Waals surface area (Å²) in [6.45, 7) is 4.20. The summed E-state index contributed by atoms with van der Waals surface area (Å²) in [6, 6.07) is 15.7. The van der Waals surface area contributed by atoms with Crippen molar-refractivity contribution in [2.45, 2.75) is 26.4 Å². The van der Waals surface area contributed by atoms with Crippen LogP contribution < -0.4 is 0 Å². The predicted octanol–water partition coefficient (Wildman–Crippen LogP) is 3.45. The Balaban J connectivity index is 1.78. The first-order valence-corrected chi connectivity index (χ1v) is 8.72. The molecular weight excluding hydrogens is 342 g/mol. The maximum Gasteiger partial charge on any atom is 0.259 e. The van der Waals surface area contributed by atoms with Crippen molar-refractivity contribution in [3.05, 3.63) is 70.8 Å². The fourth-order valence-electron chi connectivity index (χ4n) is 3.04. The van der Waals surface area contributed by atoms with Crippen LogP contribution in [-0.4, -0.2) is 36.7 Å². The van der Waals surface area contributed by atoms with E-state index < -0.39 is 5.92 Å². The first kappa shape index (κ1) is 18.6. The number of likely N-dealkylation sites (N-methyl/N-ethyl adjacent to an activating group) is 1. The van der Waals surface area contributed by atoms with E-state index in [2.05, 4.69) is 16.3 Å². The Labute approximate surface area is 159 Å². The van der Waals surface area contributed by atoms with Gasteiger partial charge >= 0.3 is 0 Å². The molecular formula is C21H23N3O3. The number of rotatable bonds is 5. The quantitative estimate of drug-likeness (QED) is 0.602. The van der Waals surface area contributed by atoms with Crippen LogP contribution in [0.5, 0.6) is 0 Å². The predicted molar refractivity (Wildman–Crippen MR) is 105 cm³/mol. The molecule has 2 aromatic carbocycles. The van der Waals surface area contributed by atoms with Gasteiger partial charge in [0.25, 0.3) is 5.91 Å². The molecule has 1 unspecified atom stereocenters. The lowest BCUT2D eigenvalue weighted by molar-refractivity contribution is -0.128. The Morgan fingerprint density at radius 3 is 2.74 bits per heavy atom. The summed E-state index contributed by atoms with van der Waals surface area (Å²) in [4.78, 5) is 18.1. The van der Waals surface area contributed by atoms with E-state index >= 15 is 0 Å². The van der Waals surface area contributed by atoms with Gasteiger partial charge in [-0.1, -0.05) is 59.3 Å². The summed E-state index contributed by atoms with van der Waals surface area (Å²) in [5, 5.41) is 9.69. The highest BCUT2D eigenvalue weighted by molar-refractivity contribution is 6.09. The lowest BCUT2D eigenvalue weighted by Crippen LogP contribution is -2.24. The molecule has 0 aromatic heterocycles. The number of nitrogens with zero attached hydrogens (tertiary/aromatic N) is 3. The zero-order chi connectivity index (χ0) is 19.4. The molecule has 6 heteroatoms. The molecule has 0 N–H and O–H groups in total. The molecule has 0 saturated carbocycles. The Kier molecular flexibility index (Phi) is 5.54. The first-order valence-electron chi connectivity index (χ1n) is 8.72. The van der Waals surface area contributed by atoms with Crippen LogP contribution in [0.2, 0.25) is 0 Å². The fourth-order valence-corrected chi connectivity index (χ4v) is 3.04. The highest BCUT2D eigenvalue weighted by atomic mass is 16.6. The third kappa shape index (κ3) is 4.00. The van der Waals surface area contributed by atoms with Crippen LogP contribution >= 0.6 is 0 Å². The van der Waals surface area contributed by atoms with Crippen molar-refractivity contribution in [2.24, 2.45) is 10.3 Å². The van der Waals surface area contributed by atoms with Crippen LogP contribution in [0, 0.1) is 6.92 Å². The number of hydrogen-bond donors (Lipinski definition) is 0. The Morgan fingerprint density at radius 1 is 1.22 bits per heavy atom. The summed E-state index contributed by atoms with van der Waals surface area (Å²) < 4.78 is 5.30. The molecule has 27 heavy (non-hydrogen) atoms. The molecule has 1 heterocycles. The summed E-state index contributed by atoms with van der Waals surface area (Å²) in [5.41, 5.74) is 4.67. The van der Waals surface area contributed by atoms with Crippen molar-refractivity contribution in [3.8, 4) is 0 Å². The van der Waals surface area contributed by atoms with Crippen LogP contribution in [0.4, 0.5) is 0 Å². The number of carbonyl (C=O) groups excluding carboxylic acids is 1. The van der Waals surface area contributed by atoms with E-state index in [1.165, 1.54) is 17.7 Å². The summed E-state index contributed by atoms with van der Waals surface area (Å²) in [5.74, 6) is -0.296. The van der Waals surface area contributed by atoms with E-state index in [1.54, 1.807) is 7.05 Å². The average Bonchev–Trinajstić information content (AvgIpc) is 2.96. The number of benzene rings is 2. The molecule has 0 fully saturated rings. The van der Waals surface area contributed by atoms with Gasteiger partial charge in [-0.15, -0.1) is 5.10 Å². The maximum atomic E-state index is 12.5. The van der Waals surface area contributed by atoms with Gasteiger partial charge in [0.2, 0.25) is 5.90 Å². The minimum Gasteiger partial charge on any atom is -0.482 e. The van der Waals surface area contributed by atoms with Gasteiger partial charge in [0.05, 0.1) is 12.8 Å². The minimum absolute atomic E-state index is 0.126. The number of amides is 1. The Hall–Kier alpha value is -3.15. The third-order valence-electron chi connectivity index (χ3n) is 4.49. The number of hydrogen-bond acceptors (Lipinski definition) is 5. The summed E-state index contributed by atoms with van der Waals surface area (Å²) in [7, 11) is 3.14. The molecule has 0 bridgehead atoms. The summed E-state index contributed by atoms with van der Waals surface area (Å²) in [6.07, 6.45) is 0. The van der Waals surface area contributed by atoms with Gasteiger partial charge in [0, 0.05) is 7.05 Å². The zero-order valence-corrected chi connectivity index (χ0v) is 16.0. The topological polar surface area (TPSA) is 63.5 Å².